The highest BCUT2D eigenvalue weighted by atomic mass is 16.5. The highest BCUT2D eigenvalue weighted by Crippen LogP contribution is 2.18. The van der Waals surface area contributed by atoms with Crippen molar-refractivity contribution >= 4 is 11.7 Å². The maximum Gasteiger partial charge on any atom is 0.239 e. The minimum absolute atomic E-state index is 0.161. The number of nitrogens with zero attached hydrogens (tertiary/aromatic N) is 6. The number of aryl methyl sites for hydroxylation is 1. The molecule has 2 aromatic heterocycles. The second kappa shape index (κ2) is 7.22. The Hall–Kier alpha value is -3.07. The lowest BCUT2D eigenvalue weighted by atomic mass is 10.2. The van der Waals surface area contributed by atoms with E-state index in [1.807, 2.05) is 49.2 Å². The molecule has 0 aliphatic heterocycles. The van der Waals surface area contributed by atoms with Crippen LogP contribution < -0.4 is 5.32 Å². The first-order chi connectivity index (χ1) is 12.0. The Bertz CT molecular complexity index is 843. The number of benzene rings is 1. The number of amides is 1. The summed E-state index contributed by atoms with van der Waals surface area (Å²) in [6.07, 6.45) is 0. The van der Waals surface area contributed by atoms with Gasteiger partial charge in [-0.15, -0.1) is 5.10 Å². The number of aromatic nitrogens is 5. The fourth-order valence-corrected chi connectivity index (χ4v) is 2.38. The molecule has 0 spiro atoms. The molecule has 0 fully saturated rings. The topological polar surface area (TPSA) is 102 Å². The van der Waals surface area contributed by atoms with Gasteiger partial charge in [-0.1, -0.05) is 23.4 Å². The van der Waals surface area contributed by atoms with E-state index >= 15 is 0 Å². The molecule has 0 saturated carbocycles. The molecule has 0 bridgehead atoms. The van der Waals surface area contributed by atoms with Crippen molar-refractivity contribution in [2.75, 3.05) is 18.9 Å². The normalized spacial score (nSPS) is 12.3. The Morgan fingerprint density at radius 2 is 2.12 bits per heavy atom. The summed E-state index contributed by atoms with van der Waals surface area (Å²) >= 11 is 0. The third kappa shape index (κ3) is 3.89. The van der Waals surface area contributed by atoms with Crippen LogP contribution in [0.3, 0.4) is 0 Å². The second-order valence-corrected chi connectivity index (χ2v) is 5.75. The van der Waals surface area contributed by atoms with Crippen LogP contribution in [-0.4, -0.2) is 49.8 Å². The van der Waals surface area contributed by atoms with Crippen molar-refractivity contribution in [3.05, 3.63) is 48.0 Å². The Kier molecular flexibility index (Phi) is 4.85. The minimum atomic E-state index is -0.193. The molecule has 0 aliphatic rings. The summed E-state index contributed by atoms with van der Waals surface area (Å²) in [5.74, 6) is 1.50. The number of anilines is 1. The number of carbonyl (C=O) groups is 1. The average molecular weight is 341 g/mol. The first-order valence-corrected chi connectivity index (χ1v) is 7.81. The molecule has 0 radical (unpaired) electrons. The van der Waals surface area contributed by atoms with Crippen molar-refractivity contribution in [3.63, 3.8) is 0 Å². The molecule has 0 saturated heterocycles. The maximum absolute atomic E-state index is 12.2. The summed E-state index contributed by atoms with van der Waals surface area (Å²) in [5, 5.41) is 18.4. The Morgan fingerprint density at radius 1 is 1.36 bits per heavy atom. The minimum Gasteiger partial charge on any atom is -0.360 e. The van der Waals surface area contributed by atoms with Crippen LogP contribution in [0.4, 0.5) is 5.82 Å². The number of para-hydroxylation sites is 1. The Labute approximate surface area is 144 Å². The number of hydrogen-bond donors (Lipinski definition) is 1. The number of carbonyl (C=O) groups excluding carboxylic acids is 1. The van der Waals surface area contributed by atoms with E-state index in [1.54, 1.807) is 17.7 Å². The zero-order chi connectivity index (χ0) is 17.8. The maximum atomic E-state index is 12.2. The summed E-state index contributed by atoms with van der Waals surface area (Å²) in [7, 11) is 1.84. The zero-order valence-corrected chi connectivity index (χ0v) is 14.2. The molecule has 0 aliphatic carbocycles. The largest absolute Gasteiger partial charge is 0.360 e. The van der Waals surface area contributed by atoms with Gasteiger partial charge < -0.3 is 9.84 Å². The first-order valence-electron chi connectivity index (χ1n) is 7.81. The van der Waals surface area contributed by atoms with Crippen LogP contribution in [0.15, 0.2) is 40.9 Å². The summed E-state index contributed by atoms with van der Waals surface area (Å²) in [6.45, 7) is 3.87. The fraction of sp³-hybridized carbons (Fsp3) is 0.312. The van der Waals surface area contributed by atoms with Gasteiger partial charge in [0, 0.05) is 6.07 Å². The molecule has 1 amide bonds. The number of hydrogen-bond acceptors (Lipinski definition) is 7. The number of likely N-dealkylation sites (N-methyl/N-ethyl adjacent to an activating group) is 1. The van der Waals surface area contributed by atoms with Gasteiger partial charge in [-0.3, -0.25) is 9.69 Å². The predicted molar refractivity (Wildman–Crippen MR) is 90.1 cm³/mol. The third-order valence-electron chi connectivity index (χ3n) is 3.82. The van der Waals surface area contributed by atoms with Crippen molar-refractivity contribution in [2.24, 2.45) is 0 Å². The Balaban J connectivity index is 1.68. The van der Waals surface area contributed by atoms with E-state index in [2.05, 4.69) is 26.0 Å². The van der Waals surface area contributed by atoms with Crippen molar-refractivity contribution in [3.8, 4) is 5.69 Å². The molecule has 25 heavy (non-hydrogen) atoms. The van der Waals surface area contributed by atoms with Gasteiger partial charge in [-0.05, 0) is 43.5 Å². The summed E-state index contributed by atoms with van der Waals surface area (Å²) in [4.78, 5) is 14.0. The predicted octanol–water partition coefficient (Wildman–Crippen LogP) is 1.59. The summed E-state index contributed by atoms with van der Waals surface area (Å²) in [6, 6.07) is 11.1. The molecule has 130 valence electrons. The van der Waals surface area contributed by atoms with Crippen LogP contribution in [0.1, 0.15) is 24.6 Å². The van der Waals surface area contributed by atoms with Crippen molar-refractivity contribution in [1.29, 1.82) is 0 Å². The molecule has 9 nitrogen and oxygen atoms in total. The standard InChI is InChI=1S/C16H19N7O2/c1-11-9-14(19-25-11)17-15(24)10-22(3)12(2)16-18-20-21-23(16)13-7-5-4-6-8-13/h4-9,12H,10H2,1-3H3,(H,17,19,24)/t12-/m0/s1. The first kappa shape index (κ1) is 16.8. The lowest BCUT2D eigenvalue weighted by molar-refractivity contribution is -0.117. The van der Waals surface area contributed by atoms with Gasteiger partial charge in [0.15, 0.2) is 11.6 Å². The monoisotopic (exact) mass is 341 g/mol. The number of tetrazole rings is 1. The average Bonchev–Trinajstić information content (AvgIpc) is 3.24. The van der Waals surface area contributed by atoms with Gasteiger partial charge in [-0.25, -0.2) is 0 Å². The second-order valence-electron chi connectivity index (χ2n) is 5.75. The summed E-state index contributed by atoms with van der Waals surface area (Å²) in [5.41, 5.74) is 0.866. The van der Waals surface area contributed by atoms with E-state index in [4.69, 9.17) is 4.52 Å². The van der Waals surface area contributed by atoms with Gasteiger partial charge >= 0.3 is 0 Å². The molecule has 2 heterocycles. The molecule has 3 rings (SSSR count). The number of nitrogens with one attached hydrogen (secondary N) is 1. The number of rotatable bonds is 6. The molecular weight excluding hydrogens is 322 g/mol. The molecule has 9 heteroatoms. The molecule has 3 aromatic rings. The van der Waals surface area contributed by atoms with Crippen LogP contribution in [0.25, 0.3) is 5.69 Å². The van der Waals surface area contributed by atoms with Gasteiger partial charge in [0.1, 0.15) is 5.76 Å². The summed E-state index contributed by atoms with van der Waals surface area (Å²) < 4.78 is 6.60. The van der Waals surface area contributed by atoms with Crippen molar-refractivity contribution in [1.82, 2.24) is 30.3 Å². The smallest absolute Gasteiger partial charge is 0.239 e. The zero-order valence-electron chi connectivity index (χ0n) is 14.2. The van der Waals surface area contributed by atoms with Gasteiger partial charge in [0.2, 0.25) is 5.91 Å². The van der Waals surface area contributed by atoms with Gasteiger partial charge in [0.05, 0.1) is 18.3 Å². The van der Waals surface area contributed by atoms with E-state index in [-0.39, 0.29) is 18.5 Å². The highest BCUT2D eigenvalue weighted by Gasteiger charge is 2.21. The third-order valence-corrected chi connectivity index (χ3v) is 3.82. The lowest BCUT2D eigenvalue weighted by Gasteiger charge is -2.22. The van der Waals surface area contributed by atoms with E-state index in [1.165, 1.54) is 0 Å². The van der Waals surface area contributed by atoms with E-state index in [0.717, 1.165) is 5.69 Å². The van der Waals surface area contributed by atoms with Crippen molar-refractivity contribution < 1.29 is 9.32 Å². The quantitative estimate of drug-likeness (QED) is 0.726. The van der Waals surface area contributed by atoms with Crippen LogP contribution in [-0.2, 0) is 4.79 Å². The van der Waals surface area contributed by atoms with E-state index in [0.29, 0.717) is 17.4 Å². The fourth-order valence-electron chi connectivity index (χ4n) is 2.38. The Morgan fingerprint density at radius 3 is 2.80 bits per heavy atom. The van der Waals surface area contributed by atoms with Gasteiger partial charge in [0.25, 0.3) is 0 Å². The van der Waals surface area contributed by atoms with Crippen LogP contribution in [0.2, 0.25) is 0 Å². The SMILES string of the molecule is Cc1cc(NC(=O)CN(C)[C@@H](C)c2nnnn2-c2ccccc2)no1. The molecule has 1 N–H and O–H groups in total. The van der Waals surface area contributed by atoms with E-state index < -0.39 is 0 Å². The molecule has 0 unspecified atom stereocenters. The van der Waals surface area contributed by atoms with Crippen LogP contribution >= 0.6 is 0 Å². The van der Waals surface area contributed by atoms with Crippen LogP contribution in [0, 0.1) is 6.92 Å². The van der Waals surface area contributed by atoms with Crippen molar-refractivity contribution in [2.45, 2.75) is 19.9 Å². The molecule has 1 aromatic carbocycles. The lowest BCUT2D eigenvalue weighted by Crippen LogP contribution is -2.33. The molecule has 1 atom stereocenters. The van der Waals surface area contributed by atoms with Gasteiger partial charge in [-0.2, -0.15) is 4.68 Å². The van der Waals surface area contributed by atoms with E-state index in [9.17, 15) is 4.79 Å². The van der Waals surface area contributed by atoms with Crippen LogP contribution in [0.5, 0.6) is 0 Å². The highest BCUT2D eigenvalue weighted by molar-refractivity contribution is 5.91. The molecular formula is C16H19N7O2.